The minimum atomic E-state index is -0.587. The molecule has 0 atom stereocenters. The van der Waals surface area contributed by atoms with Gasteiger partial charge in [-0.1, -0.05) is 13.8 Å². The normalized spacial score (nSPS) is 17.6. The number of aliphatic hydroxyl groups is 1. The summed E-state index contributed by atoms with van der Waals surface area (Å²) in [6.07, 6.45) is 3.47. The van der Waals surface area contributed by atoms with Crippen molar-refractivity contribution in [2.45, 2.75) is 51.2 Å². The molecule has 0 aromatic heterocycles. The molecular formula is C14H29N3O2. The third kappa shape index (κ3) is 4.66. The van der Waals surface area contributed by atoms with Gasteiger partial charge in [0.2, 0.25) is 0 Å². The monoisotopic (exact) mass is 271 g/mol. The fraction of sp³-hybridized carbons (Fsp3) is 0.929. The minimum Gasteiger partial charge on any atom is -0.389 e. The van der Waals surface area contributed by atoms with E-state index in [-0.39, 0.29) is 6.03 Å². The van der Waals surface area contributed by atoms with Crippen LogP contribution in [0.4, 0.5) is 4.79 Å². The summed E-state index contributed by atoms with van der Waals surface area (Å²) in [5, 5.41) is 13.7. The summed E-state index contributed by atoms with van der Waals surface area (Å²) in [6.45, 7) is 6.27. The smallest absolute Gasteiger partial charge is 0.319 e. The lowest BCUT2D eigenvalue weighted by atomic mass is 9.96. The lowest BCUT2D eigenvalue weighted by Gasteiger charge is -2.35. The van der Waals surface area contributed by atoms with Crippen molar-refractivity contribution in [2.24, 2.45) is 0 Å². The van der Waals surface area contributed by atoms with Gasteiger partial charge in [0.15, 0.2) is 0 Å². The highest BCUT2D eigenvalue weighted by Gasteiger charge is 2.27. The molecule has 0 saturated carbocycles. The number of urea groups is 1. The molecule has 5 heteroatoms. The summed E-state index contributed by atoms with van der Waals surface area (Å²) in [5.74, 6) is 0. The van der Waals surface area contributed by atoms with Gasteiger partial charge in [-0.05, 0) is 25.7 Å². The van der Waals surface area contributed by atoms with Gasteiger partial charge in [-0.15, -0.1) is 0 Å². The molecule has 0 unspecified atom stereocenters. The summed E-state index contributed by atoms with van der Waals surface area (Å²) in [4.78, 5) is 15.3. The maximum absolute atomic E-state index is 11.8. The Balaban J connectivity index is 2.33. The highest BCUT2D eigenvalue weighted by atomic mass is 16.3. The molecule has 1 saturated heterocycles. The van der Waals surface area contributed by atoms with Gasteiger partial charge in [-0.25, -0.2) is 4.79 Å². The molecule has 0 aromatic carbocycles. The van der Waals surface area contributed by atoms with Gasteiger partial charge < -0.3 is 20.2 Å². The Morgan fingerprint density at radius 2 is 1.84 bits per heavy atom. The summed E-state index contributed by atoms with van der Waals surface area (Å²) in [7, 11) is 3.57. The van der Waals surface area contributed by atoms with Crippen LogP contribution < -0.4 is 5.32 Å². The molecule has 1 aliphatic heterocycles. The Hall–Kier alpha value is -0.810. The topological polar surface area (TPSA) is 55.8 Å². The fourth-order valence-corrected chi connectivity index (χ4v) is 2.39. The van der Waals surface area contributed by atoms with E-state index in [4.69, 9.17) is 0 Å². The molecule has 0 bridgehead atoms. The van der Waals surface area contributed by atoms with Crippen LogP contribution in [0.1, 0.15) is 39.5 Å². The molecule has 1 heterocycles. The third-order valence-electron chi connectivity index (χ3n) is 4.18. The molecule has 2 amide bonds. The van der Waals surface area contributed by atoms with E-state index in [1.165, 1.54) is 0 Å². The van der Waals surface area contributed by atoms with Gasteiger partial charge in [-0.2, -0.15) is 0 Å². The molecule has 0 aromatic rings. The number of piperidine rings is 1. The molecule has 0 aliphatic carbocycles. The molecule has 1 aliphatic rings. The average molecular weight is 271 g/mol. The van der Waals surface area contributed by atoms with Gasteiger partial charge in [0.05, 0.1) is 5.60 Å². The van der Waals surface area contributed by atoms with E-state index in [0.29, 0.717) is 12.6 Å². The molecule has 1 rings (SSSR count). The number of rotatable bonds is 5. The average Bonchev–Trinajstić information content (AvgIpc) is 2.44. The predicted molar refractivity (Wildman–Crippen MR) is 77.2 cm³/mol. The van der Waals surface area contributed by atoms with Crippen molar-refractivity contribution in [3.05, 3.63) is 0 Å². The van der Waals surface area contributed by atoms with Crippen LogP contribution in [0, 0.1) is 0 Å². The lowest BCUT2D eigenvalue weighted by molar-refractivity contribution is 0.0275. The van der Waals surface area contributed by atoms with Gasteiger partial charge in [0, 0.05) is 39.8 Å². The van der Waals surface area contributed by atoms with E-state index >= 15 is 0 Å². The van der Waals surface area contributed by atoms with E-state index in [9.17, 15) is 9.90 Å². The zero-order valence-corrected chi connectivity index (χ0v) is 12.8. The zero-order chi connectivity index (χ0) is 14.5. The van der Waals surface area contributed by atoms with Crippen molar-refractivity contribution in [3.63, 3.8) is 0 Å². The van der Waals surface area contributed by atoms with Crippen molar-refractivity contribution >= 4 is 6.03 Å². The molecule has 0 spiro atoms. The number of hydrogen-bond acceptors (Lipinski definition) is 3. The fourth-order valence-electron chi connectivity index (χ4n) is 2.39. The van der Waals surface area contributed by atoms with Crippen LogP contribution in [0.15, 0.2) is 0 Å². The van der Waals surface area contributed by atoms with Crippen molar-refractivity contribution in [1.82, 2.24) is 15.1 Å². The number of amides is 2. The molecule has 5 nitrogen and oxygen atoms in total. The zero-order valence-electron chi connectivity index (χ0n) is 12.8. The van der Waals surface area contributed by atoms with E-state index < -0.39 is 5.60 Å². The third-order valence-corrected chi connectivity index (χ3v) is 4.18. The number of hydrogen-bond donors (Lipinski definition) is 2. The quantitative estimate of drug-likeness (QED) is 0.792. The molecule has 19 heavy (non-hydrogen) atoms. The highest BCUT2D eigenvalue weighted by molar-refractivity contribution is 5.73. The van der Waals surface area contributed by atoms with Gasteiger partial charge in [-0.3, -0.25) is 0 Å². The molecule has 0 radical (unpaired) electrons. The van der Waals surface area contributed by atoms with Crippen molar-refractivity contribution in [1.29, 1.82) is 0 Å². The number of likely N-dealkylation sites (tertiary alicyclic amines) is 1. The van der Waals surface area contributed by atoms with Crippen LogP contribution in [0.3, 0.4) is 0 Å². The Labute approximate surface area is 117 Å². The predicted octanol–water partition coefficient (Wildman–Crippen LogP) is 1.27. The van der Waals surface area contributed by atoms with Crippen molar-refractivity contribution in [2.75, 3.05) is 33.7 Å². The SMILES string of the molecule is CCC(O)(CC)CNC1CCN(C(=O)N(C)C)CC1. The maximum Gasteiger partial charge on any atom is 0.319 e. The van der Waals surface area contributed by atoms with E-state index in [0.717, 1.165) is 38.8 Å². The van der Waals surface area contributed by atoms with E-state index in [1.807, 2.05) is 18.7 Å². The Kier molecular flexibility index (Phi) is 6.07. The summed E-state index contributed by atoms with van der Waals surface area (Å²) >= 11 is 0. The summed E-state index contributed by atoms with van der Waals surface area (Å²) < 4.78 is 0. The highest BCUT2D eigenvalue weighted by Crippen LogP contribution is 2.16. The second-order valence-electron chi connectivity index (χ2n) is 5.75. The van der Waals surface area contributed by atoms with E-state index in [2.05, 4.69) is 5.32 Å². The number of nitrogens with zero attached hydrogens (tertiary/aromatic N) is 2. The van der Waals surface area contributed by atoms with Crippen LogP contribution in [0.25, 0.3) is 0 Å². The molecular weight excluding hydrogens is 242 g/mol. The van der Waals surface area contributed by atoms with E-state index in [1.54, 1.807) is 19.0 Å². The lowest BCUT2D eigenvalue weighted by Crippen LogP contribution is -2.50. The first-order valence-electron chi connectivity index (χ1n) is 7.34. The minimum absolute atomic E-state index is 0.0945. The van der Waals surface area contributed by atoms with Gasteiger partial charge in [0.1, 0.15) is 0 Å². The van der Waals surface area contributed by atoms with Crippen molar-refractivity contribution in [3.8, 4) is 0 Å². The first-order chi connectivity index (χ1) is 8.91. The first-order valence-corrected chi connectivity index (χ1v) is 7.34. The Morgan fingerprint density at radius 3 is 2.26 bits per heavy atom. The van der Waals surface area contributed by atoms with Crippen LogP contribution in [-0.2, 0) is 0 Å². The standard InChI is InChI=1S/C14H29N3O2/c1-5-14(19,6-2)11-15-12-7-9-17(10-8-12)13(18)16(3)4/h12,15,19H,5-11H2,1-4H3. The largest absolute Gasteiger partial charge is 0.389 e. The van der Waals surface area contributed by atoms with Gasteiger partial charge >= 0.3 is 6.03 Å². The second kappa shape index (κ2) is 7.10. The Morgan fingerprint density at radius 1 is 1.32 bits per heavy atom. The number of carbonyl (C=O) groups is 1. The summed E-state index contributed by atoms with van der Waals surface area (Å²) in [5.41, 5.74) is -0.587. The van der Waals surface area contributed by atoms with Crippen LogP contribution in [0.2, 0.25) is 0 Å². The molecule has 2 N–H and O–H groups in total. The van der Waals surface area contributed by atoms with Gasteiger partial charge in [0.25, 0.3) is 0 Å². The van der Waals surface area contributed by atoms with Crippen LogP contribution >= 0.6 is 0 Å². The summed E-state index contributed by atoms with van der Waals surface area (Å²) in [6, 6.07) is 0.507. The first kappa shape index (κ1) is 16.2. The molecule has 112 valence electrons. The number of carbonyl (C=O) groups excluding carboxylic acids is 1. The maximum atomic E-state index is 11.8. The molecule has 1 fully saturated rings. The van der Waals surface area contributed by atoms with Crippen LogP contribution in [-0.4, -0.2) is 66.3 Å². The Bertz CT molecular complexity index is 282. The second-order valence-corrected chi connectivity index (χ2v) is 5.75. The number of nitrogens with one attached hydrogen (secondary N) is 1. The van der Waals surface area contributed by atoms with Crippen LogP contribution in [0.5, 0.6) is 0 Å². The van der Waals surface area contributed by atoms with Crippen molar-refractivity contribution < 1.29 is 9.90 Å².